The number of hydrogen-bond donors (Lipinski definition) is 3. The molecule has 0 saturated heterocycles. The third-order valence-electron chi connectivity index (χ3n) is 2.54. The summed E-state index contributed by atoms with van der Waals surface area (Å²) in [7, 11) is 0. The van der Waals surface area contributed by atoms with Crippen LogP contribution in [0.5, 0.6) is 5.75 Å². The first-order valence-corrected chi connectivity index (χ1v) is 5.67. The number of nitrogens with one attached hydrogen (secondary N) is 2. The lowest BCUT2D eigenvalue weighted by Gasteiger charge is -2.24. The second kappa shape index (κ2) is 4.63. The lowest BCUT2D eigenvalue weighted by atomic mass is 10.2. The van der Waals surface area contributed by atoms with Crippen molar-refractivity contribution in [3.63, 3.8) is 0 Å². The fraction of sp³-hybridized carbons (Fsp3) is 0.417. The Morgan fingerprint density at radius 2 is 2.35 bits per heavy atom. The first-order chi connectivity index (χ1) is 8.06. The number of anilines is 2. The summed E-state index contributed by atoms with van der Waals surface area (Å²) in [4.78, 5) is 11.5. The molecule has 17 heavy (non-hydrogen) atoms. The number of rotatable bonds is 3. The zero-order chi connectivity index (χ0) is 12.4. The molecule has 2 rings (SSSR count). The predicted molar refractivity (Wildman–Crippen MR) is 67.3 cm³/mol. The van der Waals surface area contributed by atoms with Crippen LogP contribution in [0.1, 0.15) is 13.8 Å². The van der Waals surface area contributed by atoms with E-state index in [9.17, 15) is 4.79 Å². The first-order valence-electron chi connectivity index (χ1n) is 5.67. The van der Waals surface area contributed by atoms with Crippen molar-refractivity contribution in [2.75, 3.05) is 17.2 Å². The van der Waals surface area contributed by atoms with Gasteiger partial charge in [0, 0.05) is 18.3 Å². The van der Waals surface area contributed by atoms with E-state index in [2.05, 4.69) is 10.6 Å². The van der Waals surface area contributed by atoms with Crippen LogP contribution in [0.3, 0.4) is 0 Å². The molecule has 0 aliphatic carbocycles. The van der Waals surface area contributed by atoms with E-state index in [4.69, 9.17) is 10.5 Å². The third kappa shape index (κ3) is 2.68. The summed E-state index contributed by atoms with van der Waals surface area (Å²) >= 11 is 0. The van der Waals surface area contributed by atoms with Gasteiger partial charge in [-0.2, -0.15) is 0 Å². The Kier molecular flexibility index (Phi) is 3.19. The Hall–Kier alpha value is -1.75. The fourth-order valence-corrected chi connectivity index (χ4v) is 1.60. The van der Waals surface area contributed by atoms with Crippen LogP contribution < -0.4 is 21.1 Å². The number of ether oxygens (including phenoxy) is 1. The molecule has 0 fully saturated rings. The van der Waals surface area contributed by atoms with Crippen LogP contribution in [0.4, 0.5) is 11.4 Å². The number of carbonyl (C=O) groups excluding carboxylic acids is 1. The maximum atomic E-state index is 11.5. The van der Waals surface area contributed by atoms with Gasteiger partial charge < -0.3 is 21.1 Å². The Balaban J connectivity index is 2.14. The number of nitrogens with two attached hydrogens (primary N) is 1. The Morgan fingerprint density at radius 1 is 1.59 bits per heavy atom. The van der Waals surface area contributed by atoms with E-state index in [1.807, 2.05) is 25.1 Å². The van der Waals surface area contributed by atoms with Gasteiger partial charge in [-0.25, -0.2) is 0 Å². The molecule has 0 radical (unpaired) electrons. The summed E-state index contributed by atoms with van der Waals surface area (Å²) < 4.78 is 5.46. The zero-order valence-electron chi connectivity index (χ0n) is 9.99. The lowest BCUT2D eigenvalue weighted by Crippen LogP contribution is -2.34. The molecule has 0 spiro atoms. The smallest absolute Gasteiger partial charge is 0.265 e. The first kappa shape index (κ1) is 11.7. The summed E-state index contributed by atoms with van der Waals surface area (Å²) in [5.41, 5.74) is 7.27. The molecule has 1 aromatic carbocycles. The quantitative estimate of drug-likeness (QED) is 0.735. The molecule has 5 heteroatoms. The van der Waals surface area contributed by atoms with Crippen LogP contribution in [0.25, 0.3) is 0 Å². The summed E-state index contributed by atoms with van der Waals surface area (Å²) in [5, 5.41) is 5.99. The standard InChI is InChI=1S/C12H17N3O2/c1-7(13)6-14-9-3-4-11-10(5-9)15-12(16)8(2)17-11/h3-5,7-8,14H,6,13H2,1-2H3,(H,15,16). The molecular formula is C12H17N3O2. The second-order valence-corrected chi connectivity index (χ2v) is 4.32. The number of benzene rings is 1. The van der Waals surface area contributed by atoms with E-state index < -0.39 is 6.10 Å². The van der Waals surface area contributed by atoms with E-state index in [1.54, 1.807) is 6.92 Å². The Morgan fingerprint density at radius 3 is 3.06 bits per heavy atom. The molecule has 92 valence electrons. The highest BCUT2D eigenvalue weighted by Crippen LogP contribution is 2.31. The van der Waals surface area contributed by atoms with Crippen molar-refractivity contribution in [2.45, 2.75) is 26.0 Å². The van der Waals surface area contributed by atoms with E-state index in [-0.39, 0.29) is 11.9 Å². The molecule has 2 atom stereocenters. The highest BCUT2D eigenvalue weighted by Gasteiger charge is 2.23. The third-order valence-corrected chi connectivity index (χ3v) is 2.54. The van der Waals surface area contributed by atoms with Gasteiger partial charge in [0.1, 0.15) is 5.75 Å². The molecule has 1 aliphatic rings. The van der Waals surface area contributed by atoms with Gasteiger partial charge in [0.05, 0.1) is 5.69 Å². The van der Waals surface area contributed by atoms with E-state index in [0.717, 1.165) is 5.69 Å². The maximum Gasteiger partial charge on any atom is 0.265 e. The summed E-state index contributed by atoms with van der Waals surface area (Å²) in [6.07, 6.45) is -0.439. The van der Waals surface area contributed by atoms with Crippen molar-refractivity contribution < 1.29 is 9.53 Å². The van der Waals surface area contributed by atoms with Crippen molar-refractivity contribution in [2.24, 2.45) is 5.73 Å². The van der Waals surface area contributed by atoms with Crippen LogP contribution in [0.2, 0.25) is 0 Å². The predicted octanol–water partition coefficient (Wildman–Crippen LogP) is 1.17. The maximum absolute atomic E-state index is 11.5. The van der Waals surface area contributed by atoms with Crippen molar-refractivity contribution in [1.82, 2.24) is 0 Å². The summed E-state index contributed by atoms with van der Waals surface area (Å²) in [5.74, 6) is 0.574. The van der Waals surface area contributed by atoms with Crippen molar-refractivity contribution in [1.29, 1.82) is 0 Å². The number of carbonyl (C=O) groups is 1. The minimum Gasteiger partial charge on any atom is -0.479 e. The van der Waals surface area contributed by atoms with Gasteiger partial charge in [0.2, 0.25) is 0 Å². The zero-order valence-corrected chi connectivity index (χ0v) is 9.99. The van der Waals surface area contributed by atoms with Crippen LogP contribution in [-0.4, -0.2) is 24.6 Å². The highest BCUT2D eigenvalue weighted by atomic mass is 16.5. The van der Waals surface area contributed by atoms with Crippen molar-refractivity contribution in [3.05, 3.63) is 18.2 Å². The lowest BCUT2D eigenvalue weighted by molar-refractivity contribution is -0.122. The minimum atomic E-state index is -0.439. The monoisotopic (exact) mass is 235 g/mol. The molecule has 5 nitrogen and oxygen atoms in total. The SMILES string of the molecule is CC(N)CNc1ccc2c(c1)NC(=O)C(C)O2. The molecule has 1 aliphatic heterocycles. The number of fused-ring (bicyclic) bond motifs is 1. The van der Waals surface area contributed by atoms with Crippen LogP contribution in [-0.2, 0) is 4.79 Å². The number of amides is 1. The normalized spacial score (nSPS) is 19.9. The van der Waals surface area contributed by atoms with Gasteiger partial charge >= 0.3 is 0 Å². The topological polar surface area (TPSA) is 76.4 Å². The van der Waals surface area contributed by atoms with E-state index in [0.29, 0.717) is 18.0 Å². The molecule has 4 N–H and O–H groups in total. The van der Waals surface area contributed by atoms with Crippen LogP contribution in [0, 0.1) is 0 Å². The van der Waals surface area contributed by atoms with Gasteiger partial charge in [0.25, 0.3) is 5.91 Å². The van der Waals surface area contributed by atoms with E-state index >= 15 is 0 Å². The van der Waals surface area contributed by atoms with Crippen molar-refractivity contribution in [3.8, 4) is 5.75 Å². The van der Waals surface area contributed by atoms with Crippen LogP contribution in [0.15, 0.2) is 18.2 Å². The van der Waals surface area contributed by atoms with Gasteiger partial charge in [-0.05, 0) is 32.0 Å². The van der Waals surface area contributed by atoms with Gasteiger partial charge in [-0.3, -0.25) is 4.79 Å². The Labute approximate surface area is 100 Å². The average Bonchev–Trinajstić information content (AvgIpc) is 2.28. The molecule has 0 aromatic heterocycles. The molecule has 1 amide bonds. The minimum absolute atomic E-state index is 0.0805. The number of hydrogen-bond acceptors (Lipinski definition) is 4. The Bertz CT molecular complexity index is 432. The summed E-state index contributed by atoms with van der Waals surface area (Å²) in [6, 6.07) is 5.68. The average molecular weight is 235 g/mol. The van der Waals surface area contributed by atoms with E-state index in [1.165, 1.54) is 0 Å². The van der Waals surface area contributed by atoms with Gasteiger partial charge in [-0.1, -0.05) is 0 Å². The van der Waals surface area contributed by atoms with Gasteiger partial charge in [0.15, 0.2) is 6.10 Å². The molecule has 0 bridgehead atoms. The largest absolute Gasteiger partial charge is 0.479 e. The molecule has 2 unspecified atom stereocenters. The highest BCUT2D eigenvalue weighted by molar-refractivity contribution is 5.98. The summed E-state index contributed by atoms with van der Waals surface area (Å²) in [6.45, 7) is 4.34. The van der Waals surface area contributed by atoms with Gasteiger partial charge in [-0.15, -0.1) is 0 Å². The molecule has 1 aromatic rings. The van der Waals surface area contributed by atoms with Crippen LogP contribution >= 0.6 is 0 Å². The molecular weight excluding hydrogens is 218 g/mol. The fourth-order valence-electron chi connectivity index (χ4n) is 1.60. The van der Waals surface area contributed by atoms with Crippen molar-refractivity contribution >= 4 is 17.3 Å². The molecule has 1 heterocycles. The molecule has 0 saturated carbocycles. The second-order valence-electron chi connectivity index (χ2n) is 4.32.